The molecule has 0 bridgehead atoms. The fraction of sp³-hybridized carbons (Fsp3) is 0. The van der Waals surface area contributed by atoms with Gasteiger partial charge in [-0.3, -0.25) is 0 Å². The van der Waals surface area contributed by atoms with Crippen molar-refractivity contribution >= 4 is 91.9 Å². The van der Waals surface area contributed by atoms with Crippen LogP contribution in [0.3, 0.4) is 0 Å². The lowest BCUT2D eigenvalue weighted by Gasteiger charge is -2.28. The quantitative estimate of drug-likeness (QED) is 0.145. The van der Waals surface area contributed by atoms with Gasteiger partial charge >= 0.3 is 0 Å². The Morgan fingerprint density at radius 1 is 0.323 bits per heavy atom. The van der Waals surface area contributed by atoms with E-state index in [1.54, 1.807) is 0 Å². The molecule has 0 aliphatic carbocycles. The Morgan fingerprint density at radius 2 is 0.877 bits per heavy atom. The molecule has 0 fully saturated rings. The zero-order valence-corrected chi connectivity index (χ0v) is 36.2. The van der Waals surface area contributed by atoms with Gasteiger partial charge in [-0.2, -0.15) is 0 Å². The number of hydrogen-bond acceptors (Lipinski definition) is 2. The van der Waals surface area contributed by atoms with E-state index in [4.69, 9.17) is 0 Å². The van der Waals surface area contributed by atoms with Gasteiger partial charge in [0.05, 0.1) is 16.7 Å². The third-order valence-electron chi connectivity index (χ3n) is 13.2. The van der Waals surface area contributed by atoms with Gasteiger partial charge in [-0.1, -0.05) is 176 Å². The maximum Gasteiger partial charge on any atom is 0.0546 e. The first kappa shape index (κ1) is 37.3. The third kappa shape index (κ3) is 6.24. The van der Waals surface area contributed by atoms with Gasteiger partial charge in [0.1, 0.15) is 0 Å². The summed E-state index contributed by atoms with van der Waals surface area (Å²) in [6.45, 7) is 0. The molecule has 0 spiro atoms. The smallest absolute Gasteiger partial charge is 0.0546 e. The van der Waals surface area contributed by atoms with Crippen LogP contribution in [0.5, 0.6) is 0 Å². The number of thiophene rings is 1. The fourth-order valence-corrected chi connectivity index (χ4v) is 11.3. The second-order valence-electron chi connectivity index (χ2n) is 16.9. The second-order valence-corrected chi connectivity index (χ2v) is 17.9. The summed E-state index contributed by atoms with van der Waals surface area (Å²) >= 11 is 1.88. The lowest BCUT2D eigenvalue weighted by atomic mass is 9.98. The normalized spacial score (nSPS) is 11.7. The molecule has 0 N–H and O–H groups in total. The van der Waals surface area contributed by atoms with Gasteiger partial charge in [0, 0.05) is 53.4 Å². The van der Waals surface area contributed by atoms with Crippen molar-refractivity contribution in [2.45, 2.75) is 0 Å². The van der Waals surface area contributed by atoms with Crippen LogP contribution in [-0.2, 0) is 0 Å². The molecule has 0 saturated heterocycles. The van der Waals surface area contributed by atoms with Crippen molar-refractivity contribution in [1.29, 1.82) is 0 Å². The van der Waals surface area contributed by atoms with Gasteiger partial charge in [0.25, 0.3) is 0 Å². The number of nitrogens with zero attached hydrogens (tertiary/aromatic N) is 2. The monoisotopic (exact) mass is 844 g/mol. The minimum atomic E-state index is 1.10. The van der Waals surface area contributed by atoms with E-state index >= 15 is 0 Å². The topological polar surface area (TPSA) is 8.17 Å². The average molecular weight is 845 g/mol. The van der Waals surface area contributed by atoms with E-state index in [1.165, 1.54) is 96.9 Å². The van der Waals surface area contributed by atoms with Crippen LogP contribution in [0.1, 0.15) is 0 Å². The first-order chi connectivity index (χ1) is 32.2. The largest absolute Gasteiger partial charge is 0.310 e. The van der Waals surface area contributed by atoms with Gasteiger partial charge in [-0.25, -0.2) is 0 Å². The van der Waals surface area contributed by atoms with Crippen molar-refractivity contribution in [3.63, 3.8) is 0 Å². The first-order valence-corrected chi connectivity index (χ1v) is 23.1. The summed E-state index contributed by atoms with van der Waals surface area (Å²) in [6.07, 6.45) is 0. The number of hydrogen-bond donors (Lipinski definition) is 0. The Morgan fingerprint density at radius 3 is 1.66 bits per heavy atom. The Labute approximate surface area is 381 Å². The molecule has 0 unspecified atom stereocenters. The van der Waals surface area contributed by atoms with E-state index in [9.17, 15) is 0 Å². The Kier molecular flexibility index (Phi) is 8.75. The molecule has 3 heteroatoms. The minimum absolute atomic E-state index is 1.10. The molecule has 304 valence electrons. The highest BCUT2D eigenvalue weighted by Gasteiger charge is 2.19. The van der Waals surface area contributed by atoms with E-state index in [2.05, 4.69) is 252 Å². The van der Waals surface area contributed by atoms with E-state index in [1.807, 2.05) is 11.3 Å². The Hall–Kier alpha value is -8.24. The molecular weight excluding hydrogens is 805 g/mol. The van der Waals surface area contributed by atoms with Gasteiger partial charge < -0.3 is 9.47 Å². The number of para-hydroxylation sites is 1. The van der Waals surface area contributed by atoms with Crippen molar-refractivity contribution in [3.8, 4) is 39.1 Å². The van der Waals surface area contributed by atoms with Crippen LogP contribution >= 0.6 is 11.3 Å². The molecule has 0 aliphatic rings. The van der Waals surface area contributed by atoms with Crippen molar-refractivity contribution in [2.75, 3.05) is 4.90 Å². The van der Waals surface area contributed by atoms with Crippen LogP contribution in [0, 0.1) is 0 Å². The van der Waals surface area contributed by atoms with Crippen molar-refractivity contribution in [2.24, 2.45) is 0 Å². The fourth-order valence-electron chi connectivity index (χ4n) is 10.1. The highest BCUT2D eigenvalue weighted by molar-refractivity contribution is 7.26. The molecule has 2 nitrogen and oxygen atoms in total. The molecule has 11 aromatic carbocycles. The summed E-state index contributed by atoms with van der Waals surface area (Å²) in [7, 11) is 0. The molecule has 2 aromatic heterocycles. The first-order valence-electron chi connectivity index (χ1n) is 22.2. The molecule has 2 heterocycles. The van der Waals surface area contributed by atoms with Crippen LogP contribution in [0.15, 0.2) is 243 Å². The highest BCUT2D eigenvalue weighted by atomic mass is 32.1. The lowest BCUT2D eigenvalue weighted by molar-refractivity contribution is 1.18. The zero-order chi connectivity index (χ0) is 42.8. The highest BCUT2D eigenvalue weighted by Crippen LogP contribution is 2.45. The molecular formula is C62H40N2S. The van der Waals surface area contributed by atoms with E-state index in [0.717, 1.165) is 22.7 Å². The number of aromatic nitrogens is 1. The van der Waals surface area contributed by atoms with E-state index < -0.39 is 0 Å². The second kappa shape index (κ2) is 15.2. The molecule has 13 rings (SSSR count). The summed E-state index contributed by atoms with van der Waals surface area (Å²) in [5, 5.41) is 10.1. The SMILES string of the molecule is c1ccc(-c2ccc(-n3c4ccccc4c4cc(-c5ccc(N(c6ccc(-c7cccc8c7sc7ccccc78)cc6)c6cc7ccccc7c7ccccc67)cc5)ccc43)cc2)cc1. The van der Waals surface area contributed by atoms with Crippen molar-refractivity contribution in [1.82, 2.24) is 4.57 Å². The van der Waals surface area contributed by atoms with E-state index in [-0.39, 0.29) is 0 Å². The van der Waals surface area contributed by atoms with Crippen LogP contribution in [0.2, 0.25) is 0 Å². The Balaban J connectivity index is 0.913. The van der Waals surface area contributed by atoms with Gasteiger partial charge in [-0.15, -0.1) is 11.3 Å². The summed E-state index contributed by atoms with van der Waals surface area (Å²) in [4.78, 5) is 2.43. The average Bonchev–Trinajstić information content (AvgIpc) is 3.93. The van der Waals surface area contributed by atoms with Gasteiger partial charge in [0.2, 0.25) is 0 Å². The Bertz CT molecular complexity index is 3920. The van der Waals surface area contributed by atoms with Crippen LogP contribution in [0.4, 0.5) is 17.1 Å². The van der Waals surface area contributed by atoms with E-state index in [0.29, 0.717) is 0 Å². The number of anilines is 3. The predicted octanol–water partition coefficient (Wildman–Crippen LogP) is 17.9. The minimum Gasteiger partial charge on any atom is -0.310 e. The maximum absolute atomic E-state index is 2.43. The zero-order valence-electron chi connectivity index (χ0n) is 35.4. The third-order valence-corrected chi connectivity index (χ3v) is 14.4. The molecule has 65 heavy (non-hydrogen) atoms. The summed E-state index contributed by atoms with van der Waals surface area (Å²) < 4.78 is 5.04. The summed E-state index contributed by atoms with van der Waals surface area (Å²) in [5.74, 6) is 0. The molecule has 0 amide bonds. The molecule has 0 aliphatic heterocycles. The summed E-state index contributed by atoms with van der Waals surface area (Å²) in [5.41, 5.74) is 14.2. The number of rotatable bonds is 7. The number of benzene rings is 11. The van der Waals surface area contributed by atoms with Crippen LogP contribution in [-0.4, -0.2) is 4.57 Å². The molecule has 0 atom stereocenters. The predicted molar refractivity (Wildman–Crippen MR) is 280 cm³/mol. The van der Waals surface area contributed by atoms with Gasteiger partial charge in [0.15, 0.2) is 0 Å². The van der Waals surface area contributed by atoms with Crippen molar-refractivity contribution in [3.05, 3.63) is 243 Å². The standard InChI is InChI=1S/C62H40N2S/c1-2-13-41(14-3-1)42-25-34-49(35-26-42)64-58-23-10-8-19-54(58)57-39-45(31-38-59(57)64)43-27-32-47(33-28-43)63(60-40-46-15-4-5-16-50(46)52-17-6-7-18-53(52)60)48-36-29-44(30-37-48)51-21-12-22-56-55-20-9-11-24-61(55)65-62(51)56/h1-40H. The number of fused-ring (bicyclic) bond motifs is 9. The maximum atomic E-state index is 2.43. The molecule has 13 aromatic rings. The van der Waals surface area contributed by atoms with Gasteiger partial charge in [-0.05, 0) is 116 Å². The summed E-state index contributed by atoms with van der Waals surface area (Å²) in [6, 6.07) is 88.9. The molecule has 0 radical (unpaired) electrons. The molecule has 0 saturated carbocycles. The van der Waals surface area contributed by atoms with Crippen molar-refractivity contribution < 1.29 is 0 Å². The van der Waals surface area contributed by atoms with Crippen LogP contribution in [0.25, 0.3) is 103 Å². The lowest BCUT2D eigenvalue weighted by Crippen LogP contribution is -2.10. The van der Waals surface area contributed by atoms with Crippen LogP contribution < -0.4 is 4.90 Å².